The molecule has 0 amide bonds. The number of aldehydes is 1. The molecule has 1 aromatic rings. The van der Waals surface area contributed by atoms with Gasteiger partial charge in [-0.15, -0.1) is 0 Å². The number of nitriles is 1. The van der Waals surface area contributed by atoms with E-state index in [1.165, 1.54) is 12.8 Å². The summed E-state index contributed by atoms with van der Waals surface area (Å²) in [5.41, 5.74) is 0.921. The summed E-state index contributed by atoms with van der Waals surface area (Å²) in [5, 5.41) is 8.93. The summed E-state index contributed by atoms with van der Waals surface area (Å²) in [5.74, 6) is 0.564. The van der Waals surface area contributed by atoms with Gasteiger partial charge in [0.1, 0.15) is 18.1 Å². The molecule has 0 atom stereocenters. The smallest absolute Gasteiger partial charge is 0.150 e. The van der Waals surface area contributed by atoms with Crippen LogP contribution in [-0.2, 0) is 0 Å². The van der Waals surface area contributed by atoms with Crippen molar-refractivity contribution >= 4 is 6.29 Å². The Morgan fingerprint density at radius 1 is 1.35 bits per heavy atom. The molecule has 0 aliphatic rings. The molecule has 0 spiro atoms. The van der Waals surface area contributed by atoms with Crippen LogP contribution in [0.25, 0.3) is 0 Å². The monoisotopic (exact) mass is 231 g/mol. The van der Waals surface area contributed by atoms with Crippen LogP contribution >= 0.6 is 0 Å². The van der Waals surface area contributed by atoms with E-state index in [0.29, 0.717) is 23.5 Å². The fraction of sp³-hybridized carbons (Fsp3) is 0.429. The first-order chi connectivity index (χ1) is 8.31. The second-order valence-corrected chi connectivity index (χ2v) is 3.89. The topological polar surface area (TPSA) is 50.1 Å². The van der Waals surface area contributed by atoms with E-state index in [4.69, 9.17) is 10.00 Å². The van der Waals surface area contributed by atoms with Gasteiger partial charge in [0, 0.05) is 5.56 Å². The third-order valence-corrected chi connectivity index (χ3v) is 2.52. The molecule has 0 fully saturated rings. The molecule has 0 radical (unpaired) electrons. The van der Waals surface area contributed by atoms with Crippen molar-refractivity contribution in [2.24, 2.45) is 0 Å². The molecule has 0 aromatic heterocycles. The Morgan fingerprint density at radius 2 is 2.18 bits per heavy atom. The van der Waals surface area contributed by atoms with E-state index in [2.05, 4.69) is 6.92 Å². The van der Waals surface area contributed by atoms with Gasteiger partial charge in [0.2, 0.25) is 0 Å². The lowest BCUT2D eigenvalue weighted by molar-refractivity contribution is 0.112. The molecule has 3 heteroatoms. The average Bonchev–Trinajstić information content (AvgIpc) is 2.38. The molecule has 0 aliphatic carbocycles. The fourth-order valence-electron chi connectivity index (χ4n) is 1.55. The highest BCUT2D eigenvalue weighted by Gasteiger charge is 2.04. The van der Waals surface area contributed by atoms with Gasteiger partial charge in [0.25, 0.3) is 0 Å². The minimum Gasteiger partial charge on any atom is -0.492 e. The molecule has 17 heavy (non-hydrogen) atoms. The van der Waals surface area contributed by atoms with Gasteiger partial charge < -0.3 is 4.74 Å². The van der Waals surface area contributed by atoms with Gasteiger partial charge in [-0.05, 0) is 24.6 Å². The van der Waals surface area contributed by atoms with E-state index in [9.17, 15) is 4.79 Å². The van der Waals surface area contributed by atoms with E-state index < -0.39 is 0 Å². The zero-order valence-electron chi connectivity index (χ0n) is 10.1. The van der Waals surface area contributed by atoms with Crippen molar-refractivity contribution < 1.29 is 9.53 Å². The lowest BCUT2D eigenvalue weighted by Crippen LogP contribution is -1.99. The van der Waals surface area contributed by atoms with Crippen molar-refractivity contribution in [1.29, 1.82) is 5.26 Å². The SMILES string of the molecule is CCCCCCOc1ccc(C=O)cc1C#N. The minimum atomic E-state index is 0.421. The Morgan fingerprint density at radius 3 is 2.82 bits per heavy atom. The van der Waals surface area contributed by atoms with Crippen LogP contribution in [0.5, 0.6) is 5.75 Å². The van der Waals surface area contributed by atoms with Crippen molar-refractivity contribution in [2.75, 3.05) is 6.61 Å². The molecule has 90 valence electrons. The highest BCUT2D eigenvalue weighted by atomic mass is 16.5. The zero-order chi connectivity index (χ0) is 12.5. The standard InChI is InChI=1S/C14H17NO2/c1-2-3-4-5-8-17-14-7-6-12(11-16)9-13(14)10-15/h6-7,9,11H,2-5,8H2,1H3. The predicted octanol–water partition coefficient (Wildman–Crippen LogP) is 3.33. The molecule has 0 aliphatic heterocycles. The maximum Gasteiger partial charge on any atom is 0.150 e. The highest BCUT2D eigenvalue weighted by molar-refractivity contribution is 5.76. The number of carbonyl (C=O) groups excluding carboxylic acids is 1. The zero-order valence-corrected chi connectivity index (χ0v) is 10.1. The summed E-state index contributed by atoms with van der Waals surface area (Å²) >= 11 is 0. The Balaban J connectivity index is 2.53. The molecular weight excluding hydrogens is 214 g/mol. The summed E-state index contributed by atoms with van der Waals surface area (Å²) in [4.78, 5) is 10.6. The fourth-order valence-corrected chi connectivity index (χ4v) is 1.55. The summed E-state index contributed by atoms with van der Waals surface area (Å²) in [6.45, 7) is 2.78. The van der Waals surface area contributed by atoms with Crippen LogP contribution in [0.2, 0.25) is 0 Å². The number of ether oxygens (including phenoxy) is 1. The normalized spacial score (nSPS) is 9.65. The number of unbranched alkanes of at least 4 members (excludes halogenated alkanes) is 3. The van der Waals surface area contributed by atoms with Crippen molar-refractivity contribution in [1.82, 2.24) is 0 Å². The lowest BCUT2D eigenvalue weighted by Gasteiger charge is -2.07. The molecule has 0 bridgehead atoms. The van der Waals surface area contributed by atoms with Gasteiger partial charge in [-0.2, -0.15) is 5.26 Å². The quantitative estimate of drug-likeness (QED) is 0.534. The largest absolute Gasteiger partial charge is 0.492 e. The van der Waals surface area contributed by atoms with Crippen LogP contribution in [0.3, 0.4) is 0 Å². The first kappa shape index (κ1) is 13.2. The van der Waals surface area contributed by atoms with E-state index in [1.807, 2.05) is 6.07 Å². The molecule has 1 rings (SSSR count). The Kier molecular flexibility index (Phi) is 5.81. The third kappa shape index (κ3) is 4.28. The number of hydrogen-bond donors (Lipinski definition) is 0. The Bertz CT molecular complexity index is 407. The maximum atomic E-state index is 10.6. The summed E-state index contributed by atoms with van der Waals surface area (Å²) < 4.78 is 5.54. The first-order valence-electron chi connectivity index (χ1n) is 5.94. The molecule has 1 aromatic carbocycles. The van der Waals surface area contributed by atoms with Crippen molar-refractivity contribution in [2.45, 2.75) is 32.6 Å². The predicted molar refractivity (Wildman–Crippen MR) is 66.2 cm³/mol. The van der Waals surface area contributed by atoms with Gasteiger partial charge in [0.05, 0.1) is 12.2 Å². The van der Waals surface area contributed by atoms with Crippen LogP contribution in [0.1, 0.15) is 48.5 Å². The van der Waals surface area contributed by atoms with E-state index in [0.717, 1.165) is 19.1 Å². The van der Waals surface area contributed by atoms with E-state index >= 15 is 0 Å². The van der Waals surface area contributed by atoms with Crippen molar-refractivity contribution in [3.63, 3.8) is 0 Å². The van der Waals surface area contributed by atoms with Crippen LogP contribution in [-0.4, -0.2) is 12.9 Å². The van der Waals surface area contributed by atoms with Crippen LogP contribution in [0, 0.1) is 11.3 Å². The molecule has 0 saturated carbocycles. The number of rotatable bonds is 7. The molecule has 3 nitrogen and oxygen atoms in total. The van der Waals surface area contributed by atoms with Crippen LogP contribution in [0.4, 0.5) is 0 Å². The first-order valence-corrected chi connectivity index (χ1v) is 5.94. The van der Waals surface area contributed by atoms with Gasteiger partial charge in [-0.1, -0.05) is 26.2 Å². The summed E-state index contributed by atoms with van der Waals surface area (Å²) in [7, 11) is 0. The van der Waals surface area contributed by atoms with Crippen LogP contribution in [0.15, 0.2) is 18.2 Å². The van der Waals surface area contributed by atoms with E-state index in [-0.39, 0.29) is 0 Å². The third-order valence-electron chi connectivity index (χ3n) is 2.52. The number of benzene rings is 1. The van der Waals surface area contributed by atoms with E-state index in [1.54, 1.807) is 18.2 Å². The maximum absolute atomic E-state index is 10.6. The number of carbonyl (C=O) groups is 1. The Labute approximate surface area is 102 Å². The number of nitrogens with zero attached hydrogens (tertiary/aromatic N) is 1. The molecule has 0 saturated heterocycles. The highest BCUT2D eigenvalue weighted by Crippen LogP contribution is 2.19. The molecule has 0 heterocycles. The second kappa shape index (κ2) is 7.45. The van der Waals surface area contributed by atoms with Crippen molar-refractivity contribution in [3.05, 3.63) is 29.3 Å². The van der Waals surface area contributed by atoms with Gasteiger partial charge in [0.15, 0.2) is 0 Å². The van der Waals surface area contributed by atoms with Gasteiger partial charge in [-0.25, -0.2) is 0 Å². The summed E-state index contributed by atoms with van der Waals surface area (Å²) in [6.07, 6.45) is 5.26. The molecule has 0 N–H and O–H groups in total. The Hall–Kier alpha value is -1.82. The molecule has 0 unspecified atom stereocenters. The average molecular weight is 231 g/mol. The van der Waals surface area contributed by atoms with Crippen LogP contribution < -0.4 is 4.74 Å². The van der Waals surface area contributed by atoms with Crippen molar-refractivity contribution in [3.8, 4) is 11.8 Å². The lowest BCUT2D eigenvalue weighted by atomic mass is 10.1. The van der Waals surface area contributed by atoms with Gasteiger partial charge >= 0.3 is 0 Å². The number of hydrogen-bond acceptors (Lipinski definition) is 3. The summed E-state index contributed by atoms with van der Waals surface area (Å²) in [6, 6.07) is 6.93. The second-order valence-electron chi connectivity index (χ2n) is 3.89. The molecular formula is C14H17NO2. The minimum absolute atomic E-state index is 0.421. The van der Waals surface area contributed by atoms with Gasteiger partial charge in [-0.3, -0.25) is 4.79 Å².